The minimum absolute atomic E-state index is 1.03. The van der Waals surface area contributed by atoms with Crippen molar-refractivity contribution in [3.8, 4) is 44.5 Å². The van der Waals surface area contributed by atoms with Crippen LogP contribution in [0.25, 0.3) is 50.1 Å². The first-order chi connectivity index (χ1) is 31.1. The van der Waals surface area contributed by atoms with Crippen LogP contribution in [0.15, 0.2) is 255 Å². The van der Waals surface area contributed by atoms with Crippen molar-refractivity contribution in [2.24, 2.45) is 0 Å². The average molecular weight is 811 g/mol. The topological polar surface area (TPSA) is 6.48 Å². The maximum atomic E-state index is 2.33. The maximum absolute atomic E-state index is 2.33. The van der Waals surface area contributed by atoms with Gasteiger partial charge in [0.25, 0.3) is 0 Å². The molecule has 0 saturated carbocycles. The molecular weight excluding hydrogens is 761 g/mol. The largest absolute Gasteiger partial charge is 0.311 e. The number of nitrogens with zero attached hydrogens (tertiary/aromatic N) is 2. The summed E-state index contributed by atoms with van der Waals surface area (Å²) in [6.07, 6.45) is 7.61. The van der Waals surface area contributed by atoms with Gasteiger partial charge in [0.1, 0.15) is 0 Å². The summed E-state index contributed by atoms with van der Waals surface area (Å²) in [6.45, 7) is 4.26. The molecule has 0 aliphatic rings. The van der Waals surface area contributed by atoms with Crippen molar-refractivity contribution in [1.29, 1.82) is 0 Å². The highest BCUT2D eigenvalue weighted by molar-refractivity contribution is 5.83. The fourth-order valence-electron chi connectivity index (χ4n) is 8.21. The standard InChI is InChI=1S/C61H50N2/c1-3-5-15-46(4-2)49-22-24-50(25-23-49)53-30-40-57(41-31-53)62(56-20-13-8-14-21-56)58-42-32-54(33-43-58)55-34-44-61(45-35-55)63(59-36-26-51(27-37-59)47-16-9-6-10-17-47)60-38-28-52(29-39-60)48-18-11-7-12-19-48/h4-45H,3H2,1-2H3/b15-5-,46-4+. The molecule has 9 aromatic rings. The van der Waals surface area contributed by atoms with E-state index in [2.05, 4.69) is 278 Å². The molecule has 0 heterocycles. The molecule has 2 nitrogen and oxygen atoms in total. The van der Waals surface area contributed by atoms with E-state index >= 15 is 0 Å². The molecule has 63 heavy (non-hydrogen) atoms. The molecule has 0 atom stereocenters. The normalized spacial score (nSPS) is 11.4. The van der Waals surface area contributed by atoms with Crippen LogP contribution in [0.2, 0.25) is 0 Å². The molecule has 9 rings (SSSR count). The Kier molecular flexibility index (Phi) is 12.3. The highest BCUT2D eigenvalue weighted by Crippen LogP contribution is 2.40. The summed E-state index contributed by atoms with van der Waals surface area (Å²) in [5.74, 6) is 0. The van der Waals surface area contributed by atoms with E-state index < -0.39 is 0 Å². The molecule has 9 aromatic carbocycles. The Morgan fingerprint density at radius 2 is 0.571 bits per heavy atom. The lowest BCUT2D eigenvalue weighted by Gasteiger charge is -2.26. The molecule has 0 radical (unpaired) electrons. The monoisotopic (exact) mass is 810 g/mol. The second-order valence-electron chi connectivity index (χ2n) is 15.6. The van der Waals surface area contributed by atoms with Crippen LogP contribution in [0, 0.1) is 0 Å². The third-order valence-corrected chi connectivity index (χ3v) is 11.6. The zero-order valence-corrected chi connectivity index (χ0v) is 35.9. The van der Waals surface area contributed by atoms with E-state index in [-0.39, 0.29) is 0 Å². The highest BCUT2D eigenvalue weighted by Gasteiger charge is 2.16. The van der Waals surface area contributed by atoms with Gasteiger partial charge in [0.05, 0.1) is 0 Å². The third-order valence-electron chi connectivity index (χ3n) is 11.6. The first kappa shape index (κ1) is 40.5. The minimum Gasteiger partial charge on any atom is -0.311 e. The Hall–Kier alpha value is -7.94. The minimum atomic E-state index is 1.03. The molecule has 0 aliphatic heterocycles. The number of hydrogen-bond acceptors (Lipinski definition) is 2. The van der Waals surface area contributed by atoms with E-state index in [0.717, 1.165) is 51.7 Å². The summed E-state index contributed by atoms with van der Waals surface area (Å²) in [7, 11) is 0. The van der Waals surface area contributed by atoms with E-state index in [4.69, 9.17) is 0 Å². The molecule has 0 aromatic heterocycles. The van der Waals surface area contributed by atoms with Gasteiger partial charge in [-0.3, -0.25) is 0 Å². The van der Waals surface area contributed by atoms with Crippen molar-refractivity contribution in [1.82, 2.24) is 0 Å². The van der Waals surface area contributed by atoms with Crippen LogP contribution < -0.4 is 9.80 Å². The second kappa shape index (κ2) is 19.2. The molecule has 2 heteroatoms. The molecule has 0 spiro atoms. The first-order valence-corrected chi connectivity index (χ1v) is 21.9. The van der Waals surface area contributed by atoms with Crippen molar-refractivity contribution < 1.29 is 0 Å². The number of allylic oxidation sites excluding steroid dienone is 4. The average Bonchev–Trinajstić information content (AvgIpc) is 3.36. The van der Waals surface area contributed by atoms with E-state index in [1.165, 1.54) is 44.5 Å². The maximum Gasteiger partial charge on any atom is 0.0462 e. The van der Waals surface area contributed by atoms with Crippen molar-refractivity contribution in [2.75, 3.05) is 9.80 Å². The van der Waals surface area contributed by atoms with Crippen LogP contribution in [0.3, 0.4) is 0 Å². The van der Waals surface area contributed by atoms with Crippen LogP contribution in [0.5, 0.6) is 0 Å². The van der Waals surface area contributed by atoms with E-state index in [9.17, 15) is 0 Å². The number of anilines is 6. The second-order valence-corrected chi connectivity index (χ2v) is 15.6. The lowest BCUT2D eigenvalue weighted by atomic mass is 9.99. The van der Waals surface area contributed by atoms with E-state index in [1.807, 2.05) is 0 Å². The molecule has 0 N–H and O–H groups in total. The van der Waals surface area contributed by atoms with Crippen molar-refractivity contribution in [2.45, 2.75) is 20.3 Å². The third kappa shape index (κ3) is 9.22. The Morgan fingerprint density at radius 3 is 0.857 bits per heavy atom. The predicted molar refractivity (Wildman–Crippen MR) is 271 cm³/mol. The van der Waals surface area contributed by atoms with Gasteiger partial charge < -0.3 is 9.80 Å². The van der Waals surface area contributed by atoms with E-state index in [1.54, 1.807) is 0 Å². The molecule has 0 saturated heterocycles. The lowest BCUT2D eigenvalue weighted by Crippen LogP contribution is -2.10. The van der Waals surface area contributed by atoms with Crippen molar-refractivity contribution in [3.05, 3.63) is 260 Å². The lowest BCUT2D eigenvalue weighted by molar-refractivity contribution is 1.22. The molecule has 0 aliphatic carbocycles. The first-order valence-electron chi connectivity index (χ1n) is 21.9. The summed E-state index contributed by atoms with van der Waals surface area (Å²) in [5, 5.41) is 0. The summed E-state index contributed by atoms with van der Waals surface area (Å²) in [5.41, 5.74) is 18.6. The van der Waals surface area contributed by atoms with Crippen LogP contribution in [0.1, 0.15) is 25.8 Å². The Bertz CT molecular complexity index is 2810. The molecule has 304 valence electrons. The predicted octanol–water partition coefficient (Wildman–Crippen LogP) is 17.7. The number of rotatable bonds is 13. The zero-order chi connectivity index (χ0) is 42.8. The van der Waals surface area contributed by atoms with Gasteiger partial charge in [0, 0.05) is 34.1 Å². The van der Waals surface area contributed by atoms with Gasteiger partial charge in [-0.15, -0.1) is 0 Å². The van der Waals surface area contributed by atoms with Crippen LogP contribution >= 0.6 is 0 Å². The Morgan fingerprint density at radius 1 is 0.317 bits per heavy atom. The number of hydrogen-bond donors (Lipinski definition) is 0. The Balaban J connectivity index is 0.982. The summed E-state index contributed by atoms with van der Waals surface area (Å²) in [4.78, 5) is 4.66. The van der Waals surface area contributed by atoms with Gasteiger partial charge >= 0.3 is 0 Å². The summed E-state index contributed by atoms with van der Waals surface area (Å²) in [6, 6.07) is 85.0. The molecule has 0 bridgehead atoms. The molecule has 0 unspecified atom stereocenters. The molecule has 0 fully saturated rings. The van der Waals surface area contributed by atoms with Crippen LogP contribution in [-0.4, -0.2) is 0 Å². The van der Waals surface area contributed by atoms with Gasteiger partial charge in [0.15, 0.2) is 0 Å². The van der Waals surface area contributed by atoms with Crippen LogP contribution in [-0.2, 0) is 0 Å². The molecular formula is C61H50N2. The quantitative estimate of drug-likeness (QED) is 0.107. The van der Waals surface area contributed by atoms with Gasteiger partial charge in [-0.2, -0.15) is 0 Å². The number of benzene rings is 9. The number of para-hydroxylation sites is 1. The van der Waals surface area contributed by atoms with Crippen LogP contribution in [0.4, 0.5) is 34.1 Å². The van der Waals surface area contributed by atoms with Crippen molar-refractivity contribution >= 4 is 39.7 Å². The van der Waals surface area contributed by atoms with E-state index in [0.29, 0.717) is 0 Å². The SMILES string of the molecule is C/C=C(\C=C/CC)c1ccc(-c2ccc(N(c3ccccc3)c3ccc(-c4ccc(N(c5ccc(-c6ccccc6)cc5)c5ccc(-c6ccccc6)cc5)cc4)cc3)cc2)cc1. The molecule has 0 amide bonds. The summed E-state index contributed by atoms with van der Waals surface area (Å²) >= 11 is 0. The van der Waals surface area contributed by atoms with Gasteiger partial charge in [-0.1, -0.05) is 189 Å². The van der Waals surface area contributed by atoms with Gasteiger partial charge in [0.2, 0.25) is 0 Å². The summed E-state index contributed by atoms with van der Waals surface area (Å²) < 4.78 is 0. The Labute approximate surface area is 373 Å². The van der Waals surface area contributed by atoms with Crippen molar-refractivity contribution in [3.63, 3.8) is 0 Å². The highest BCUT2D eigenvalue weighted by atomic mass is 15.1. The van der Waals surface area contributed by atoms with Gasteiger partial charge in [-0.25, -0.2) is 0 Å². The zero-order valence-electron chi connectivity index (χ0n) is 35.9. The smallest absolute Gasteiger partial charge is 0.0462 e. The fraction of sp³-hybridized carbons (Fsp3) is 0.0492. The van der Waals surface area contributed by atoms with Gasteiger partial charge in [-0.05, 0) is 142 Å². The fourth-order valence-corrected chi connectivity index (χ4v) is 8.21.